The van der Waals surface area contributed by atoms with Crippen molar-refractivity contribution in [3.05, 3.63) is 71.8 Å². The van der Waals surface area contributed by atoms with Crippen molar-refractivity contribution in [2.75, 3.05) is 13.1 Å². The van der Waals surface area contributed by atoms with Crippen LogP contribution in [0.4, 0.5) is 4.79 Å². The molecule has 0 saturated heterocycles. The summed E-state index contributed by atoms with van der Waals surface area (Å²) >= 11 is 4.99. The van der Waals surface area contributed by atoms with Crippen LogP contribution in [-0.4, -0.2) is 41.2 Å². The van der Waals surface area contributed by atoms with Crippen LogP contribution >= 0.6 is 12.2 Å². The number of hydrogen-bond donors (Lipinski definition) is 4. The number of carbonyl (C=O) groups is 2. The molecule has 0 aliphatic rings. The molecule has 32 heavy (non-hydrogen) atoms. The quantitative estimate of drug-likeness (QED) is 0.288. The number of alkyl carbamates (subject to hydrolysis) is 1. The smallest absolute Gasteiger partial charge is 0.408 e. The zero-order chi connectivity index (χ0) is 23.2. The SMILES string of the molecule is CC(=S)NCCCC[C@H](NC(=O)OCc1ccccc1)C(=O)NCC(O)c1ccccc1. The molecule has 4 N–H and O–H groups in total. The van der Waals surface area contributed by atoms with E-state index >= 15 is 0 Å². The first-order valence-electron chi connectivity index (χ1n) is 10.7. The predicted molar refractivity (Wildman–Crippen MR) is 128 cm³/mol. The molecule has 0 aliphatic heterocycles. The lowest BCUT2D eigenvalue weighted by Gasteiger charge is -2.20. The Balaban J connectivity index is 1.87. The van der Waals surface area contributed by atoms with Gasteiger partial charge in [0.2, 0.25) is 5.91 Å². The Hall–Kier alpha value is -2.97. The maximum atomic E-state index is 12.7. The summed E-state index contributed by atoms with van der Waals surface area (Å²) in [6.07, 6.45) is 0.441. The van der Waals surface area contributed by atoms with Crippen molar-refractivity contribution in [3.63, 3.8) is 0 Å². The highest BCUT2D eigenvalue weighted by atomic mass is 32.1. The Labute approximate surface area is 194 Å². The lowest BCUT2D eigenvalue weighted by molar-refractivity contribution is -0.123. The molecule has 172 valence electrons. The van der Waals surface area contributed by atoms with Crippen molar-refractivity contribution in [2.45, 2.75) is 44.9 Å². The van der Waals surface area contributed by atoms with E-state index in [1.807, 2.05) is 55.5 Å². The van der Waals surface area contributed by atoms with Crippen LogP contribution in [0.3, 0.4) is 0 Å². The lowest BCUT2D eigenvalue weighted by atomic mass is 10.1. The number of rotatable bonds is 12. The Kier molecular flexibility index (Phi) is 11.2. The summed E-state index contributed by atoms with van der Waals surface area (Å²) in [6, 6.07) is 17.6. The minimum atomic E-state index is -0.833. The number of benzene rings is 2. The molecule has 0 saturated carbocycles. The van der Waals surface area contributed by atoms with E-state index in [1.54, 1.807) is 12.1 Å². The second kappa shape index (κ2) is 14.2. The summed E-state index contributed by atoms with van der Waals surface area (Å²) in [6.45, 7) is 2.68. The molecule has 2 aromatic rings. The van der Waals surface area contributed by atoms with E-state index in [0.717, 1.165) is 17.0 Å². The molecular formula is C24H31N3O4S. The third kappa shape index (κ3) is 9.89. The topological polar surface area (TPSA) is 99.7 Å². The zero-order valence-corrected chi connectivity index (χ0v) is 19.1. The maximum absolute atomic E-state index is 12.7. The van der Waals surface area contributed by atoms with Crippen molar-refractivity contribution in [3.8, 4) is 0 Å². The fourth-order valence-corrected chi connectivity index (χ4v) is 3.13. The van der Waals surface area contributed by atoms with Gasteiger partial charge in [-0.25, -0.2) is 4.79 Å². The standard InChI is InChI=1S/C24H31N3O4S/c1-18(32)25-15-9-8-14-21(27-24(30)31-17-19-10-4-2-5-11-19)23(29)26-16-22(28)20-12-6-3-7-13-20/h2-7,10-13,21-22,28H,8-9,14-17H2,1H3,(H,25,32)(H,26,29)(H,27,30)/t21-,22?/m0/s1. The third-order valence-electron chi connectivity index (χ3n) is 4.77. The van der Waals surface area contributed by atoms with Gasteiger partial charge in [0.25, 0.3) is 0 Å². The molecular weight excluding hydrogens is 426 g/mol. The van der Waals surface area contributed by atoms with Crippen LogP contribution in [0.15, 0.2) is 60.7 Å². The summed E-state index contributed by atoms with van der Waals surface area (Å²) in [7, 11) is 0. The Morgan fingerprint density at radius 1 is 1.00 bits per heavy atom. The molecule has 0 spiro atoms. The number of aliphatic hydroxyl groups is 1. The molecule has 7 nitrogen and oxygen atoms in total. The van der Waals surface area contributed by atoms with Crippen LogP contribution in [0.25, 0.3) is 0 Å². The van der Waals surface area contributed by atoms with Gasteiger partial charge < -0.3 is 25.8 Å². The molecule has 1 unspecified atom stereocenters. The van der Waals surface area contributed by atoms with Crippen molar-refractivity contribution in [1.82, 2.24) is 16.0 Å². The number of amides is 2. The van der Waals surface area contributed by atoms with Gasteiger partial charge in [-0.15, -0.1) is 0 Å². The second-order valence-electron chi connectivity index (χ2n) is 7.41. The van der Waals surface area contributed by atoms with Crippen LogP contribution in [0.1, 0.15) is 43.4 Å². The normalized spacial score (nSPS) is 12.3. The minimum absolute atomic E-state index is 0.0474. The van der Waals surface area contributed by atoms with Crippen LogP contribution in [-0.2, 0) is 16.1 Å². The van der Waals surface area contributed by atoms with Gasteiger partial charge in [-0.2, -0.15) is 0 Å². The summed E-state index contributed by atoms with van der Waals surface area (Å²) in [5.41, 5.74) is 1.57. The predicted octanol–water partition coefficient (Wildman–Crippen LogP) is 3.24. The van der Waals surface area contributed by atoms with Gasteiger partial charge >= 0.3 is 6.09 Å². The Morgan fingerprint density at radius 2 is 1.66 bits per heavy atom. The molecule has 0 bridgehead atoms. The van der Waals surface area contributed by atoms with Crippen molar-refractivity contribution in [1.29, 1.82) is 0 Å². The van der Waals surface area contributed by atoms with E-state index in [-0.39, 0.29) is 19.1 Å². The van der Waals surface area contributed by atoms with E-state index in [4.69, 9.17) is 17.0 Å². The molecule has 8 heteroatoms. The van der Waals surface area contributed by atoms with Crippen LogP contribution in [0.2, 0.25) is 0 Å². The largest absolute Gasteiger partial charge is 0.445 e. The summed E-state index contributed by atoms with van der Waals surface area (Å²) in [5.74, 6) is -0.365. The number of unbranched alkanes of at least 4 members (excludes halogenated alkanes) is 1. The van der Waals surface area contributed by atoms with Gasteiger partial charge in [-0.1, -0.05) is 72.9 Å². The van der Waals surface area contributed by atoms with E-state index < -0.39 is 18.2 Å². The second-order valence-corrected chi connectivity index (χ2v) is 8.02. The number of ether oxygens (including phenoxy) is 1. The van der Waals surface area contributed by atoms with Crippen molar-refractivity contribution < 1.29 is 19.4 Å². The third-order valence-corrected chi connectivity index (χ3v) is 4.91. The highest BCUT2D eigenvalue weighted by Gasteiger charge is 2.22. The first-order chi connectivity index (χ1) is 15.5. The van der Waals surface area contributed by atoms with Gasteiger partial charge in [0.05, 0.1) is 11.1 Å². The highest BCUT2D eigenvalue weighted by molar-refractivity contribution is 7.80. The molecule has 0 heterocycles. The highest BCUT2D eigenvalue weighted by Crippen LogP contribution is 2.11. The Bertz CT molecular complexity index is 849. The number of hydrogen-bond acceptors (Lipinski definition) is 5. The number of carbonyl (C=O) groups excluding carboxylic acids is 2. The zero-order valence-electron chi connectivity index (χ0n) is 18.3. The molecule has 0 aromatic heterocycles. The average Bonchev–Trinajstić information content (AvgIpc) is 2.81. The van der Waals surface area contributed by atoms with Crippen LogP contribution in [0, 0.1) is 0 Å². The summed E-state index contributed by atoms with van der Waals surface area (Å²) in [5, 5.41) is 18.7. The first-order valence-corrected chi connectivity index (χ1v) is 11.1. The Morgan fingerprint density at radius 3 is 2.31 bits per heavy atom. The molecule has 2 amide bonds. The van der Waals surface area contributed by atoms with Gasteiger partial charge in [0.15, 0.2) is 0 Å². The van der Waals surface area contributed by atoms with Crippen molar-refractivity contribution in [2.24, 2.45) is 0 Å². The molecule has 0 radical (unpaired) electrons. The van der Waals surface area contributed by atoms with E-state index in [9.17, 15) is 14.7 Å². The fourth-order valence-electron chi connectivity index (χ4n) is 3.03. The molecule has 0 fully saturated rings. The van der Waals surface area contributed by atoms with Crippen LogP contribution in [0.5, 0.6) is 0 Å². The molecule has 2 aromatic carbocycles. The first kappa shape index (κ1) is 25.3. The van der Waals surface area contributed by atoms with E-state index in [1.165, 1.54) is 0 Å². The van der Waals surface area contributed by atoms with Gasteiger partial charge in [0, 0.05) is 13.1 Å². The lowest BCUT2D eigenvalue weighted by Crippen LogP contribution is -2.47. The monoisotopic (exact) mass is 457 g/mol. The van der Waals surface area contributed by atoms with E-state index in [0.29, 0.717) is 24.9 Å². The molecule has 2 rings (SSSR count). The van der Waals surface area contributed by atoms with Gasteiger partial charge in [-0.3, -0.25) is 4.79 Å². The number of nitrogens with one attached hydrogen (secondary N) is 3. The van der Waals surface area contributed by atoms with Crippen LogP contribution < -0.4 is 16.0 Å². The maximum Gasteiger partial charge on any atom is 0.408 e. The average molecular weight is 458 g/mol. The van der Waals surface area contributed by atoms with Gasteiger partial charge in [-0.05, 0) is 37.3 Å². The van der Waals surface area contributed by atoms with E-state index in [2.05, 4.69) is 16.0 Å². The number of thiocarbonyl (C=S) groups is 1. The molecule has 2 atom stereocenters. The fraction of sp³-hybridized carbons (Fsp3) is 0.375. The number of aliphatic hydroxyl groups excluding tert-OH is 1. The molecule has 0 aliphatic carbocycles. The summed E-state index contributed by atoms with van der Waals surface area (Å²) in [4.78, 5) is 25.7. The summed E-state index contributed by atoms with van der Waals surface area (Å²) < 4.78 is 5.25. The minimum Gasteiger partial charge on any atom is -0.445 e. The van der Waals surface area contributed by atoms with Gasteiger partial charge in [0.1, 0.15) is 12.6 Å². The van der Waals surface area contributed by atoms with Crippen molar-refractivity contribution >= 4 is 29.2 Å².